The highest BCUT2D eigenvalue weighted by Crippen LogP contribution is 2.23. The van der Waals surface area contributed by atoms with Gasteiger partial charge >= 0.3 is 0 Å². The van der Waals surface area contributed by atoms with Gasteiger partial charge in [-0.05, 0) is 47.4 Å². The summed E-state index contributed by atoms with van der Waals surface area (Å²) in [6.07, 6.45) is 0.850. The van der Waals surface area contributed by atoms with Crippen LogP contribution in [0.1, 0.15) is 18.1 Å². The zero-order chi connectivity index (χ0) is 22.7. The number of anilines is 1. The first-order valence-corrected chi connectivity index (χ1v) is 12.4. The van der Waals surface area contributed by atoms with Gasteiger partial charge in [-0.15, -0.1) is 0 Å². The molecule has 3 aromatic rings. The SMILES string of the molecule is CCc1cccc(C)c1NC(=O)CN1CCN(S(=O)(=O)c2ccc3ccccc3c2)CC1. The summed E-state index contributed by atoms with van der Waals surface area (Å²) in [6, 6.07) is 19.0. The van der Waals surface area contributed by atoms with Gasteiger partial charge in [-0.1, -0.05) is 55.5 Å². The van der Waals surface area contributed by atoms with Crippen molar-refractivity contribution < 1.29 is 13.2 Å². The highest BCUT2D eigenvalue weighted by Gasteiger charge is 2.29. The van der Waals surface area contributed by atoms with E-state index in [0.717, 1.165) is 34.0 Å². The van der Waals surface area contributed by atoms with Crippen molar-refractivity contribution in [2.45, 2.75) is 25.2 Å². The monoisotopic (exact) mass is 451 g/mol. The summed E-state index contributed by atoms with van der Waals surface area (Å²) in [5.74, 6) is -0.0696. The smallest absolute Gasteiger partial charge is 0.243 e. The fourth-order valence-electron chi connectivity index (χ4n) is 4.19. The number of sulfonamides is 1. The number of rotatable bonds is 6. The van der Waals surface area contributed by atoms with Crippen LogP contribution in [0.2, 0.25) is 0 Å². The van der Waals surface area contributed by atoms with E-state index in [1.54, 1.807) is 12.1 Å². The van der Waals surface area contributed by atoms with Crippen molar-refractivity contribution in [2.24, 2.45) is 0 Å². The second-order valence-corrected chi connectivity index (χ2v) is 10.1. The first kappa shape index (κ1) is 22.5. The molecule has 1 saturated heterocycles. The average molecular weight is 452 g/mol. The van der Waals surface area contributed by atoms with Gasteiger partial charge in [-0.2, -0.15) is 4.31 Å². The standard InChI is InChI=1S/C25H29N3O3S/c1-3-20-10-6-7-19(2)25(20)26-24(29)18-27-13-15-28(16-14-27)32(30,31)23-12-11-21-8-4-5-9-22(21)17-23/h4-12,17H,3,13-16,18H2,1-2H3,(H,26,29). The van der Waals surface area contributed by atoms with E-state index in [1.165, 1.54) is 4.31 Å². The normalized spacial score (nSPS) is 15.7. The first-order chi connectivity index (χ1) is 15.4. The second-order valence-electron chi connectivity index (χ2n) is 8.20. The maximum atomic E-state index is 13.1. The lowest BCUT2D eigenvalue weighted by atomic mass is 10.1. The topological polar surface area (TPSA) is 69.7 Å². The molecule has 6 nitrogen and oxygen atoms in total. The molecule has 0 unspecified atom stereocenters. The maximum absolute atomic E-state index is 13.1. The Labute approximate surface area is 189 Å². The van der Waals surface area contributed by atoms with Crippen molar-refractivity contribution in [2.75, 3.05) is 38.0 Å². The molecule has 1 aliphatic heterocycles. The van der Waals surface area contributed by atoms with Gasteiger partial charge < -0.3 is 5.32 Å². The zero-order valence-corrected chi connectivity index (χ0v) is 19.4. The largest absolute Gasteiger partial charge is 0.324 e. The fraction of sp³-hybridized carbons (Fsp3) is 0.320. The van der Waals surface area contributed by atoms with Crippen molar-refractivity contribution in [3.05, 3.63) is 71.8 Å². The molecule has 1 amide bonds. The molecule has 1 fully saturated rings. The molecule has 0 bridgehead atoms. The van der Waals surface area contributed by atoms with Gasteiger partial charge in [0.15, 0.2) is 0 Å². The highest BCUT2D eigenvalue weighted by atomic mass is 32.2. The Hall–Kier alpha value is -2.74. The molecule has 168 valence electrons. The van der Waals surface area contributed by atoms with E-state index >= 15 is 0 Å². The fourth-order valence-corrected chi connectivity index (χ4v) is 5.65. The van der Waals surface area contributed by atoms with E-state index in [-0.39, 0.29) is 12.5 Å². The Morgan fingerprint density at radius 2 is 1.66 bits per heavy atom. The molecule has 3 aromatic carbocycles. The van der Waals surface area contributed by atoms with Crippen LogP contribution in [-0.2, 0) is 21.2 Å². The minimum Gasteiger partial charge on any atom is -0.324 e. The molecule has 0 aromatic heterocycles. The van der Waals surface area contributed by atoms with Crippen molar-refractivity contribution in [3.63, 3.8) is 0 Å². The van der Waals surface area contributed by atoms with E-state index < -0.39 is 10.0 Å². The van der Waals surface area contributed by atoms with Crippen LogP contribution in [0.4, 0.5) is 5.69 Å². The number of fused-ring (bicyclic) bond motifs is 1. The van der Waals surface area contributed by atoms with Crippen LogP contribution in [0, 0.1) is 6.92 Å². The molecule has 4 rings (SSSR count). The summed E-state index contributed by atoms with van der Waals surface area (Å²) in [4.78, 5) is 15.0. The molecule has 0 radical (unpaired) electrons. The van der Waals surface area contributed by atoms with Gasteiger partial charge in [-0.3, -0.25) is 9.69 Å². The number of benzene rings is 3. The number of nitrogens with one attached hydrogen (secondary N) is 1. The van der Waals surface area contributed by atoms with Crippen LogP contribution in [0.15, 0.2) is 65.6 Å². The Morgan fingerprint density at radius 1 is 0.938 bits per heavy atom. The zero-order valence-electron chi connectivity index (χ0n) is 18.5. The van der Waals surface area contributed by atoms with Gasteiger partial charge in [0.25, 0.3) is 0 Å². The van der Waals surface area contributed by atoms with E-state index in [0.29, 0.717) is 31.1 Å². The van der Waals surface area contributed by atoms with Crippen LogP contribution >= 0.6 is 0 Å². The number of piperazine rings is 1. The minimum atomic E-state index is -3.56. The van der Waals surface area contributed by atoms with Crippen molar-refractivity contribution in [1.82, 2.24) is 9.21 Å². The molecule has 32 heavy (non-hydrogen) atoms. The maximum Gasteiger partial charge on any atom is 0.243 e. The third-order valence-corrected chi connectivity index (χ3v) is 7.96. The number of para-hydroxylation sites is 1. The van der Waals surface area contributed by atoms with E-state index in [2.05, 4.69) is 12.2 Å². The first-order valence-electron chi connectivity index (χ1n) is 11.0. The van der Waals surface area contributed by atoms with E-state index in [9.17, 15) is 13.2 Å². The van der Waals surface area contributed by atoms with Gasteiger partial charge in [0.05, 0.1) is 11.4 Å². The second kappa shape index (κ2) is 9.40. The molecule has 1 heterocycles. The summed E-state index contributed by atoms with van der Waals surface area (Å²) in [6.45, 7) is 6.09. The van der Waals surface area contributed by atoms with E-state index in [1.807, 2.05) is 60.4 Å². The number of aryl methyl sites for hydroxylation is 2. The number of hydrogen-bond donors (Lipinski definition) is 1. The number of carbonyl (C=O) groups excluding carboxylic acids is 1. The molecule has 0 atom stereocenters. The highest BCUT2D eigenvalue weighted by molar-refractivity contribution is 7.89. The van der Waals surface area contributed by atoms with Crippen LogP contribution in [0.25, 0.3) is 10.8 Å². The summed E-state index contributed by atoms with van der Waals surface area (Å²) < 4.78 is 27.8. The summed E-state index contributed by atoms with van der Waals surface area (Å²) in [5.41, 5.74) is 3.05. The number of hydrogen-bond acceptors (Lipinski definition) is 4. The Balaban J connectivity index is 1.38. The van der Waals surface area contributed by atoms with Crippen molar-refractivity contribution in [1.29, 1.82) is 0 Å². The molecular weight excluding hydrogens is 422 g/mol. The molecule has 0 aliphatic carbocycles. The van der Waals surface area contributed by atoms with Crippen LogP contribution in [0.3, 0.4) is 0 Å². The Morgan fingerprint density at radius 3 is 2.38 bits per heavy atom. The molecule has 0 saturated carbocycles. The molecule has 0 spiro atoms. The lowest BCUT2D eigenvalue weighted by molar-refractivity contribution is -0.117. The Kier molecular flexibility index (Phi) is 6.60. The third kappa shape index (κ3) is 4.70. The average Bonchev–Trinajstić information content (AvgIpc) is 2.80. The van der Waals surface area contributed by atoms with Crippen LogP contribution in [-0.4, -0.2) is 56.3 Å². The quantitative estimate of drug-likeness (QED) is 0.621. The van der Waals surface area contributed by atoms with Gasteiger partial charge in [0.1, 0.15) is 0 Å². The lowest BCUT2D eigenvalue weighted by Crippen LogP contribution is -2.50. The number of carbonyl (C=O) groups is 1. The summed E-state index contributed by atoms with van der Waals surface area (Å²) in [5, 5.41) is 4.97. The third-order valence-electron chi connectivity index (χ3n) is 6.06. The van der Waals surface area contributed by atoms with Gasteiger partial charge in [-0.25, -0.2) is 8.42 Å². The molecule has 1 aliphatic rings. The lowest BCUT2D eigenvalue weighted by Gasteiger charge is -2.33. The summed E-state index contributed by atoms with van der Waals surface area (Å²) in [7, 11) is -3.56. The van der Waals surface area contributed by atoms with Crippen molar-refractivity contribution >= 4 is 32.4 Å². The molecule has 7 heteroatoms. The molecule has 1 N–H and O–H groups in total. The van der Waals surface area contributed by atoms with Crippen molar-refractivity contribution in [3.8, 4) is 0 Å². The van der Waals surface area contributed by atoms with Crippen LogP contribution in [0.5, 0.6) is 0 Å². The van der Waals surface area contributed by atoms with Gasteiger partial charge in [0.2, 0.25) is 15.9 Å². The number of amides is 1. The minimum absolute atomic E-state index is 0.0696. The van der Waals surface area contributed by atoms with Crippen LogP contribution < -0.4 is 5.32 Å². The number of nitrogens with zero attached hydrogens (tertiary/aromatic N) is 2. The predicted octanol–water partition coefficient (Wildman–Crippen LogP) is 3.66. The van der Waals surface area contributed by atoms with Gasteiger partial charge in [0, 0.05) is 31.9 Å². The summed E-state index contributed by atoms with van der Waals surface area (Å²) >= 11 is 0. The van der Waals surface area contributed by atoms with E-state index in [4.69, 9.17) is 0 Å². The molecular formula is C25H29N3O3S. The predicted molar refractivity (Wildman–Crippen MR) is 128 cm³/mol. The Bertz CT molecular complexity index is 1230.